The standard InChI is InChI=1S/C13H15NO4/c1-9-3-4-10(17-9)7-8-14-13(15)11-5-6-12(16-2)18-11/h3-6H,7-8H2,1-2H3,(H,14,15). The number of ether oxygens (including phenoxy) is 1. The number of nitrogens with one attached hydrogen (secondary N) is 1. The van der Waals surface area contributed by atoms with Crippen LogP contribution in [-0.4, -0.2) is 19.6 Å². The van der Waals surface area contributed by atoms with Crippen molar-refractivity contribution >= 4 is 5.91 Å². The summed E-state index contributed by atoms with van der Waals surface area (Å²) in [6, 6.07) is 6.97. The van der Waals surface area contributed by atoms with E-state index in [0.29, 0.717) is 18.9 Å². The lowest BCUT2D eigenvalue weighted by atomic mass is 10.3. The molecule has 96 valence electrons. The van der Waals surface area contributed by atoms with Crippen LogP contribution in [0.5, 0.6) is 5.95 Å². The van der Waals surface area contributed by atoms with E-state index < -0.39 is 0 Å². The van der Waals surface area contributed by atoms with Gasteiger partial charge in [-0.05, 0) is 25.1 Å². The van der Waals surface area contributed by atoms with Crippen molar-refractivity contribution in [1.29, 1.82) is 0 Å². The van der Waals surface area contributed by atoms with E-state index in [9.17, 15) is 4.79 Å². The first-order chi connectivity index (χ1) is 8.69. The second-order valence-electron chi connectivity index (χ2n) is 3.84. The molecule has 2 rings (SSSR count). The van der Waals surface area contributed by atoms with Gasteiger partial charge in [0.15, 0.2) is 5.76 Å². The van der Waals surface area contributed by atoms with Crippen LogP contribution in [0, 0.1) is 6.92 Å². The molecule has 2 aromatic heterocycles. The summed E-state index contributed by atoms with van der Waals surface area (Å²) in [6.45, 7) is 2.38. The quantitative estimate of drug-likeness (QED) is 0.881. The van der Waals surface area contributed by atoms with Gasteiger partial charge in [0.05, 0.1) is 7.11 Å². The number of methoxy groups -OCH3 is 1. The van der Waals surface area contributed by atoms with Crippen molar-refractivity contribution < 1.29 is 18.4 Å². The molecule has 1 N–H and O–H groups in total. The van der Waals surface area contributed by atoms with Crippen molar-refractivity contribution in [3.63, 3.8) is 0 Å². The molecule has 0 saturated heterocycles. The fourth-order valence-corrected chi connectivity index (χ4v) is 1.56. The molecular weight excluding hydrogens is 234 g/mol. The highest BCUT2D eigenvalue weighted by Gasteiger charge is 2.10. The van der Waals surface area contributed by atoms with E-state index in [1.165, 1.54) is 7.11 Å². The molecule has 5 nitrogen and oxygen atoms in total. The minimum Gasteiger partial charge on any atom is -0.468 e. The topological polar surface area (TPSA) is 64.6 Å². The molecule has 0 aliphatic rings. The van der Waals surface area contributed by atoms with E-state index >= 15 is 0 Å². The van der Waals surface area contributed by atoms with E-state index in [0.717, 1.165) is 11.5 Å². The summed E-state index contributed by atoms with van der Waals surface area (Å²) >= 11 is 0. The minimum atomic E-state index is -0.262. The molecule has 5 heteroatoms. The Morgan fingerprint density at radius 2 is 2.11 bits per heavy atom. The summed E-state index contributed by atoms with van der Waals surface area (Å²) in [5.74, 6) is 2.02. The molecule has 0 bridgehead atoms. The number of carbonyl (C=O) groups excluding carboxylic acids is 1. The first-order valence-electron chi connectivity index (χ1n) is 5.66. The highest BCUT2D eigenvalue weighted by atomic mass is 16.6. The van der Waals surface area contributed by atoms with Gasteiger partial charge in [-0.15, -0.1) is 0 Å². The van der Waals surface area contributed by atoms with Crippen LogP contribution in [0.1, 0.15) is 22.1 Å². The second kappa shape index (κ2) is 5.44. The number of amides is 1. The Kier molecular flexibility index (Phi) is 3.72. The van der Waals surface area contributed by atoms with E-state index in [-0.39, 0.29) is 11.7 Å². The Bertz CT molecular complexity index is 527. The predicted octanol–water partition coefficient (Wildman–Crippen LogP) is 2.16. The monoisotopic (exact) mass is 249 g/mol. The number of hydrogen-bond acceptors (Lipinski definition) is 4. The van der Waals surface area contributed by atoms with Gasteiger partial charge in [-0.3, -0.25) is 4.79 Å². The van der Waals surface area contributed by atoms with Crippen LogP contribution in [0.2, 0.25) is 0 Å². The first kappa shape index (κ1) is 12.3. The maximum atomic E-state index is 11.7. The number of rotatable bonds is 5. The van der Waals surface area contributed by atoms with Crippen molar-refractivity contribution in [2.45, 2.75) is 13.3 Å². The van der Waals surface area contributed by atoms with Crippen molar-refractivity contribution in [1.82, 2.24) is 5.32 Å². The third-order valence-corrected chi connectivity index (χ3v) is 2.46. The minimum absolute atomic E-state index is 0.238. The van der Waals surface area contributed by atoms with E-state index in [4.69, 9.17) is 13.6 Å². The van der Waals surface area contributed by atoms with Gasteiger partial charge >= 0.3 is 0 Å². The summed E-state index contributed by atoms with van der Waals surface area (Å²) in [7, 11) is 1.49. The number of carbonyl (C=O) groups is 1. The van der Waals surface area contributed by atoms with Crippen molar-refractivity contribution in [2.24, 2.45) is 0 Å². The largest absolute Gasteiger partial charge is 0.468 e. The van der Waals surface area contributed by atoms with Crippen molar-refractivity contribution in [2.75, 3.05) is 13.7 Å². The van der Waals surface area contributed by atoms with Crippen molar-refractivity contribution in [3.8, 4) is 5.95 Å². The Morgan fingerprint density at radius 3 is 2.72 bits per heavy atom. The van der Waals surface area contributed by atoms with Gasteiger partial charge in [-0.1, -0.05) is 0 Å². The maximum absolute atomic E-state index is 11.7. The Balaban J connectivity index is 1.81. The zero-order valence-corrected chi connectivity index (χ0v) is 10.4. The third-order valence-electron chi connectivity index (χ3n) is 2.46. The smallest absolute Gasteiger partial charge is 0.287 e. The molecule has 0 radical (unpaired) electrons. The molecule has 0 unspecified atom stereocenters. The molecule has 18 heavy (non-hydrogen) atoms. The van der Waals surface area contributed by atoms with Crippen LogP contribution >= 0.6 is 0 Å². The Morgan fingerprint density at radius 1 is 1.28 bits per heavy atom. The Hall–Kier alpha value is -2.17. The van der Waals surface area contributed by atoms with Gasteiger partial charge in [0, 0.05) is 19.0 Å². The van der Waals surface area contributed by atoms with Gasteiger partial charge < -0.3 is 18.9 Å². The second-order valence-corrected chi connectivity index (χ2v) is 3.84. The molecule has 2 aromatic rings. The lowest BCUT2D eigenvalue weighted by Crippen LogP contribution is -2.25. The average molecular weight is 249 g/mol. The zero-order chi connectivity index (χ0) is 13.0. The zero-order valence-electron chi connectivity index (χ0n) is 10.4. The predicted molar refractivity (Wildman–Crippen MR) is 64.7 cm³/mol. The molecule has 0 aliphatic heterocycles. The van der Waals surface area contributed by atoms with Crippen molar-refractivity contribution in [3.05, 3.63) is 41.5 Å². The average Bonchev–Trinajstić information content (AvgIpc) is 2.98. The first-order valence-corrected chi connectivity index (χ1v) is 5.66. The fourth-order valence-electron chi connectivity index (χ4n) is 1.56. The lowest BCUT2D eigenvalue weighted by molar-refractivity contribution is 0.0919. The van der Waals surface area contributed by atoms with Gasteiger partial charge in [-0.25, -0.2) is 0 Å². The Labute approximate surface area is 105 Å². The number of hydrogen-bond donors (Lipinski definition) is 1. The SMILES string of the molecule is COc1ccc(C(=O)NCCc2ccc(C)o2)o1. The molecule has 0 aromatic carbocycles. The summed E-state index contributed by atoms with van der Waals surface area (Å²) < 4.78 is 15.4. The molecule has 0 atom stereocenters. The van der Waals surface area contributed by atoms with Crippen LogP contribution in [0.15, 0.2) is 33.1 Å². The summed E-state index contributed by atoms with van der Waals surface area (Å²) in [5.41, 5.74) is 0. The summed E-state index contributed by atoms with van der Waals surface area (Å²) in [4.78, 5) is 11.7. The highest BCUT2D eigenvalue weighted by Crippen LogP contribution is 2.14. The molecule has 1 amide bonds. The maximum Gasteiger partial charge on any atom is 0.287 e. The summed E-state index contributed by atoms with van der Waals surface area (Å²) in [6.07, 6.45) is 0.650. The van der Waals surface area contributed by atoms with Crippen LogP contribution in [0.4, 0.5) is 0 Å². The molecule has 0 spiro atoms. The van der Waals surface area contributed by atoms with Crippen LogP contribution in [-0.2, 0) is 6.42 Å². The van der Waals surface area contributed by atoms with Crippen LogP contribution < -0.4 is 10.1 Å². The third kappa shape index (κ3) is 2.94. The van der Waals surface area contributed by atoms with Gasteiger partial charge in [-0.2, -0.15) is 0 Å². The lowest BCUT2D eigenvalue weighted by Gasteiger charge is -2.01. The molecule has 0 saturated carbocycles. The van der Waals surface area contributed by atoms with Crippen LogP contribution in [0.25, 0.3) is 0 Å². The van der Waals surface area contributed by atoms with Gasteiger partial charge in [0.25, 0.3) is 11.9 Å². The van der Waals surface area contributed by atoms with E-state index in [1.54, 1.807) is 12.1 Å². The molecule has 0 fully saturated rings. The normalized spacial score (nSPS) is 10.3. The molecule has 0 aliphatic carbocycles. The molecular formula is C13H15NO4. The van der Waals surface area contributed by atoms with Crippen LogP contribution in [0.3, 0.4) is 0 Å². The number of furan rings is 2. The van der Waals surface area contributed by atoms with Gasteiger partial charge in [0.2, 0.25) is 0 Å². The summed E-state index contributed by atoms with van der Waals surface area (Å²) in [5, 5.41) is 2.75. The van der Waals surface area contributed by atoms with E-state index in [1.807, 2.05) is 19.1 Å². The number of aryl methyl sites for hydroxylation is 1. The van der Waals surface area contributed by atoms with E-state index in [2.05, 4.69) is 5.32 Å². The highest BCUT2D eigenvalue weighted by molar-refractivity contribution is 5.91. The molecule has 2 heterocycles. The van der Waals surface area contributed by atoms with Gasteiger partial charge in [0.1, 0.15) is 11.5 Å². The fraction of sp³-hybridized carbons (Fsp3) is 0.308.